The summed E-state index contributed by atoms with van der Waals surface area (Å²) >= 11 is 4.64. The smallest absolute Gasteiger partial charge is 0.260 e. The summed E-state index contributed by atoms with van der Waals surface area (Å²) in [7, 11) is 0. The van der Waals surface area contributed by atoms with Crippen molar-refractivity contribution in [3.63, 3.8) is 0 Å². The zero-order valence-corrected chi connectivity index (χ0v) is 29.0. The fraction of sp³-hybridized carbons (Fsp3) is 0.368. The lowest BCUT2D eigenvalue weighted by Crippen LogP contribution is -2.37. The lowest BCUT2D eigenvalue weighted by Gasteiger charge is -2.34. The van der Waals surface area contributed by atoms with E-state index < -0.39 is 0 Å². The summed E-state index contributed by atoms with van der Waals surface area (Å²) < 4.78 is 1.72. The lowest BCUT2D eigenvalue weighted by molar-refractivity contribution is 0.172. The minimum atomic E-state index is -0.0627. The molecular formula is C38H47ClN6O. The van der Waals surface area contributed by atoms with Gasteiger partial charge in [-0.3, -0.25) is 14.3 Å². The number of halogens is 1. The molecule has 4 heterocycles. The molecule has 0 saturated carbocycles. The third kappa shape index (κ3) is 8.01. The predicted molar refractivity (Wildman–Crippen MR) is 194 cm³/mol. The molecule has 1 aliphatic rings. The van der Waals surface area contributed by atoms with Crippen molar-refractivity contribution in [1.82, 2.24) is 24.4 Å². The first-order chi connectivity index (χ1) is 22.4. The molecule has 3 aromatic heterocycles. The second kappa shape index (κ2) is 16.5. The van der Waals surface area contributed by atoms with Crippen molar-refractivity contribution < 1.29 is 0 Å². The van der Waals surface area contributed by atoms with E-state index in [-0.39, 0.29) is 5.56 Å². The molecule has 1 fully saturated rings. The molecule has 0 amide bonds. The summed E-state index contributed by atoms with van der Waals surface area (Å²) in [5.41, 5.74) is 7.48. The van der Waals surface area contributed by atoms with Gasteiger partial charge in [0.25, 0.3) is 5.56 Å². The third-order valence-corrected chi connectivity index (χ3v) is 8.48. The Balaban J connectivity index is 0.00000116. The topological polar surface area (TPSA) is 75.9 Å². The first kappa shape index (κ1) is 34.8. The van der Waals surface area contributed by atoms with Crippen molar-refractivity contribution in [3.05, 3.63) is 101 Å². The van der Waals surface area contributed by atoms with Crippen molar-refractivity contribution in [3.8, 4) is 22.3 Å². The molecule has 8 heteroatoms. The summed E-state index contributed by atoms with van der Waals surface area (Å²) in [6.07, 6.45) is 7.54. The fourth-order valence-electron chi connectivity index (χ4n) is 5.92. The van der Waals surface area contributed by atoms with Crippen molar-refractivity contribution >= 4 is 34.3 Å². The third-order valence-electron chi connectivity index (χ3n) is 8.48. The molecule has 242 valence electrons. The average Bonchev–Trinajstić information content (AvgIpc) is 3.11. The number of anilines is 2. The van der Waals surface area contributed by atoms with Gasteiger partial charge in [-0.1, -0.05) is 56.3 Å². The molecule has 1 saturated heterocycles. The van der Waals surface area contributed by atoms with Crippen LogP contribution in [0.4, 0.5) is 11.6 Å². The highest BCUT2D eigenvalue weighted by molar-refractivity contribution is 6.15. The molecule has 5 aromatic rings. The second-order valence-corrected chi connectivity index (χ2v) is 11.5. The van der Waals surface area contributed by atoms with E-state index in [1.165, 1.54) is 24.8 Å². The fourth-order valence-corrected chi connectivity index (χ4v) is 5.92. The summed E-state index contributed by atoms with van der Waals surface area (Å²) in [6, 6.07) is 23.3. The van der Waals surface area contributed by atoms with Gasteiger partial charge >= 0.3 is 0 Å². The van der Waals surface area contributed by atoms with Gasteiger partial charge in [-0.15, -0.1) is 11.6 Å². The molecule has 46 heavy (non-hydrogen) atoms. The molecular weight excluding hydrogens is 592 g/mol. The number of alkyl halides is 1. The van der Waals surface area contributed by atoms with Gasteiger partial charge in [0, 0.05) is 59.3 Å². The van der Waals surface area contributed by atoms with E-state index in [4.69, 9.17) is 4.98 Å². The van der Waals surface area contributed by atoms with Crippen molar-refractivity contribution in [1.29, 1.82) is 0 Å². The molecule has 7 nitrogen and oxygen atoms in total. The van der Waals surface area contributed by atoms with Crippen LogP contribution in [0.5, 0.6) is 0 Å². The SMILES string of the molecule is CC.CCl.CCn1c(=O)c(-c2ccc(-c3ccc(C)nc3)cc2)cc2cnc(Nc3ccc(C4CCN(C(C)C)CC4)cc3)nc21. The molecule has 0 radical (unpaired) electrons. The molecule has 0 bridgehead atoms. The van der Waals surface area contributed by atoms with Crippen LogP contribution in [-0.4, -0.2) is 49.9 Å². The number of hydrogen-bond acceptors (Lipinski definition) is 6. The number of pyridine rings is 2. The summed E-state index contributed by atoms with van der Waals surface area (Å²) in [4.78, 5) is 29.9. The van der Waals surface area contributed by atoms with Gasteiger partial charge in [-0.25, -0.2) is 4.98 Å². The monoisotopic (exact) mass is 638 g/mol. The lowest BCUT2D eigenvalue weighted by atomic mass is 9.89. The van der Waals surface area contributed by atoms with Gasteiger partial charge in [0.2, 0.25) is 5.95 Å². The predicted octanol–water partition coefficient (Wildman–Crippen LogP) is 9.06. The minimum Gasteiger partial charge on any atom is -0.324 e. The van der Waals surface area contributed by atoms with Crippen LogP contribution in [0, 0.1) is 6.92 Å². The van der Waals surface area contributed by atoms with Gasteiger partial charge in [-0.05, 0) is 100 Å². The molecule has 0 atom stereocenters. The first-order valence-corrected chi connectivity index (χ1v) is 17.1. The first-order valence-electron chi connectivity index (χ1n) is 16.3. The van der Waals surface area contributed by atoms with Crippen LogP contribution >= 0.6 is 11.6 Å². The van der Waals surface area contributed by atoms with Crippen LogP contribution in [0.15, 0.2) is 83.9 Å². The van der Waals surface area contributed by atoms with Crippen molar-refractivity contribution in [2.75, 3.05) is 24.8 Å². The van der Waals surface area contributed by atoms with Crippen LogP contribution in [0.3, 0.4) is 0 Å². The molecule has 2 aromatic carbocycles. The number of hydrogen-bond donors (Lipinski definition) is 1. The Morgan fingerprint density at radius 1 is 0.870 bits per heavy atom. The minimum absolute atomic E-state index is 0.0627. The van der Waals surface area contributed by atoms with Gasteiger partial charge in [0.1, 0.15) is 5.65 Å². The van der Waals surface area contributed by atoms with Crippen molar-refractivity contribution in [2.24, 2.45) is 0 Å². The number of piperidine rings is 1. The van der Waals surface area contributed by atoms with E-state index in [1.54, 1.807) is 10.8 Å². The normalized spacial score (nSPS) is 13.5. The van der Waals surface area contributed by atoms with E-state index in [1.807, 2.05) is 70.3 Å². The summed E-state index contributed by atoms with van der Waals surface area (Å²) in [6.45, 7) is 15.3. The summed E-state index contributed by atoms with van der Waals surface area (Å²) in [5, 5.41) is 4.17. The van der Waals surface area contributed by atoms with Crippen LogP contribution in [0.1, 0.15) is 64.6 Å². The number of rotatable bonds is 7. The Morgan fingerprint density at radius 2 is 1.50 bits per heavy atom. The largest absolute Gasteiger partial charge is 0.324 e. The maximum Gasteiger partial charge on any atom is 0.260 e. The van der Waals surface area contributed by atoms with E-state index in [0.29, 0.717) is 35.7 Å². The number of likely N-dealkylation sites (tertiary alicyclic amines) is 1. The molecule has 0 spiro atoms. The highest BCUT2D eigenvalue weighted by Crippen LogP contribution is 2.30. The van der Waals surface area contributed by atoms with E-state index in [9.17, 15) is 4.79 Å². The Labute approximate surface area is 278 Å². The van der Waals surface area contributed by atoms with Crippen LogP contribution in [0.25, 0.3) is 33.3 Å². The van der Waals surface area contributed by atoms with E-state index in [0.717, 1.165) is 46.5 Å². The maximum absolute atomic E-state index is 13.6. The molecule has 1 N–H and O–H groups in total. The number of benzene rings is 2. The number of fused-ring (bicyclic) bond motifs is 1. The van der Waals surface area contributed by atoms with Crippen LogP contribution < -0.4 is 10.9 Å². The van der Waals surface area contributed by atoms with E-state index in [2.05, 4.69) is 76.0 Å². The Morgan fingerprint density at radius 3 is 2.09 bits per heavy atom. The van der Waals surface area contributed by atoms with Crippen LogP contribution in [-0.2, 0) is 6.54 Å². The highest BCUT2D eigenvalue weighted by atomic mass is 35.5. The standard InChI is InChI=1S/C35H38N6O.C2H6.CH3Cl/c1-5-41-33-30(20-32(34(41)42)28-10-8-26(9-11-28)29-7-6-24(4)36-21-29)22-37-35(39-33)38-31-14-12-25(13-15-31)27-16-18-40(19-17-27)23(2)3;2*1-2/h6-15,20-23,27H,5,16-19H2,1-4H3,(H,37,38,39);1-2H3;1H3. The maximum atomic E-state index is 13.6. The number of aryl methyl sites for hydroxylation is 2. The molecule has 0 aliphatic carbocycles. The van der Waals surface area contributed by atoms with Crippen LogP contribution in [0.2, 0.25) is 0 Å². The van der Waals surface area contributed by atoms with E-state index >= 15 is 0 Å². The Bertz CT molecular complexity index is 1740. The average molecular weight is 639 g/mol. The quantitative estimate of drug-likeness (QED) is 0.179. The molecule has 6 rings (SSSR count). The van der Waals surface area contributed by atoms with Gasteiger partial charge in [0.15, 0.2) is 0 Å². The second-order valence-electron chi connectivity index (χ2n) is 11.5. The number of aromatic nitrogens is 4. The van der Waals surface area contributed by atoms with Crippen molar-refractivity contribution in [2.45, 2.75) is 72.9 Å². The number of nitrogens with one attached hydrogen (secondary N) is 1. The zero-order valence-electron chi connectivity index (χ0n) is 28.2. The van der Waals surface area contributed by atoms with Gasteiger partial charge in [-0.2, -0.15) is 4.98 Å². The van der Waals surface area contributed by atoms with Gasteiger partial charge in [0.05, 0.1) is 0 Å². The molecule has 0 unspecified atom stereocenters. The Kier molecular flexibility index (Phi) is 12.5. The highest BCUT2D eigenvalue weighted by Gasteiger charge is 2.22. The Hall–Kier alpha value is -4.07. The molecule has 1 aliphatic heterocycles. The van der Waals surface area contributed by atoms with Gasteiger partial charge < -0.3 is 10.2 Å². The number of nitrogens with zero attached hydrogens (tertiary/aromatic N) is 5. The zero-order chi connectivity index (χ0) is 33.2. The summed E-state index contributed by atoms with van der Waals surface area (Å²) in [5.74, 6) is 1.08.